The van der Waals surface area contributed by atoms with Gasteiger partial charge in [-0.3, -0.25) is 9.59 Å². The molecule has 3 rings (SSSR count). The van der Waals surface area contributed by atoms with E-state index in [0.717, 1.165) is 29.7 Å². The third kappa shape index (κ3) is 3.22. The number of amides is 2. The number of hydrogen-bond donors (Lipinski definition) is 1. The van der Waals surface area contributed by atoms with Crippen molar-refractivity contribution in [1.29, 1.82) is 0 Å². The highest BCUT2D eigenvalue weighted by Gasteiger charge is 2.27. The largest absolute Gasteiger partial charge is 0.318 e. The molecule has 2 aromatic carbocycles. The second-order valence-electron chi connectivity index (χ2n) is 5.61. The van der Waals surface area contributed by atoms with Crippen LogP contribution in [0.25, 0.3) is 0 Å². The number of halogens is 1. The molecule has 0 bridgehead atoms. The SMILES string of the molecule is Cc1ccc(NC(=O)C(=O)N2CCCc3ccccc32)cc1Cl. The van der Waals surface area contributed by atoms with Crippen LogP contribution in [0.3, 0.4) is 0 Å². The predicted molar refractivity (Wildman–Crippen MR) is 91.9 cm³/mol. The minimum atomic E-state index is -0.651. The molecular weight excluding hydrogens is 312 g/mol. The van der Waals surface area contributed by atoms with Crippen LogP contribution >= 0.6 is 11.6 Å². The summed E-state index contributed by atoms with van der Waals surface area (Å²) in [6.45, 7) is 2.43. The summed E-state index contributed by atoms with van der Waals surface area (Å²) < 4.78 is 0. The molecule has 0 atom stereocenters. The van der Waals surface area contributed by atoms with E-state index in [1.165, 1.54) is 0 Å². The number of para-hydroxylation sites is 1. The summed E-state index contributed by atoms with van der Waals surface area (Å²) >= 11 is 6.05. The van der Waals surface area contributed by atoms with E-state index in [1.807, 2.05) is 31.2 Å². The lowest BCUT2D eigenvalue weighted by atomic mass is 10.0. The number of benzene rings is 2. The van der Waals surface area contributed by atoms with Gasteiger partial charge in [-0.15, -0.1) is 0 Å². The van der Waals surface area contributed by atoms with Gasteiger partial charge in [0, 0.05) is 22.9 Å². The van der Waals surface area contributed by atoms with E-state index in [4.69, 9.17) is 11.6 Å². The van der Waals surface area contributed by atoms with Crippen molar-refractivity contribution < 1.29 is 9.59 Å². The molecule has 5 heteroatoms. The molecule has 23 heavy (non-hydrogen) atoms. The van der Waals surface area contributed by atoms with Crippen LogP contribution < -0.4 is 10.2 Å². The smallest absolute Gasteiger partial charge is 0.316 e. The second kappa shape index (κ2) is 6.42. The van der Waals surface area contributed by atoms with E-state index in [1.54, 1.807) is 23.1 Å². The first-order valence-corrected chi connectivity index (χ1v) is 7.91. The zero-order valence-electron chi connectivity index (χ0n) is 12.8. The predicted octanol–water partition coefficient (Wildman–Crippen LogP) is 3.57. The fraction of sp³-hybridized carbons (Fsp3) is 0.222. The van der Waals surface area contributed by atoms with Gasteiger partial charge in [-0.25, -0.2) is 0 Å². The van der Waals surface area contributed by atoms with Gasteiger partial charge in [0.25, 0.3) is 0 Å². The number of nitrogens with one attached hydrogen (secondary N) is 1. The first-order valence-electron chi connectivity index (χ1n) is 7.53. The molecule has 1 aliphatic rings. The monoisotopic (exact) mass is 328 g/mol. The number of rotatable bonds is 1. The molecule has 0 spiro atoms. The van der Waals surface area contributed by atoms with Crippen LogP contribution in [0.1, 0.15) is 17.5 Å². The average Bonchev–Trinajstić information content (AvgIpc) is 2.57. The maximum absolute atomic E-state index is 12.5. The molecular formula is C18H17ClN2O2. The summed E-state index contributed by atoms with van der Waals surface area (Å²) in [5.41, 5.74) is 3.35. The van der Waals surface area contributed by atoms with Crippen molar-refractivity contribution >= 4 is 34.8 Å². The Kier molecular flexibility index (Phi) is 4.35. The summed E-state index contributed by atoms with van der Waals surface area (Å²) in [6, 6.07) is 12.9. The number of nitrogens with zero attached hydrogens (tertiary/aromatic N) is 1. The highest BCUT2D eigenvalue weighted by Crippen LogP contribution is 2.27. The molecule has 0 aliphatic carbocycles. The van der Waals surface area contributed by atoms with E-state index in [-0.39, 0.29) is 0 Å². The van der Waals surface area contributed by atoms with Crippen molar-refractivity contribution in [3.8, 4) is 0 Å². The van der Waals surface area contributed by atoms with E-state index in [0.29, 0.717) is 17.3 Å². The first kappa shape index (κ1) is 15.6. The zero-order chi connectivity index (χ0) is 16.4. The molecule has 0 saturated heterocycles. The van der Waals surface area contributed by atoms with Gasteiger partial charge in [0.1, 0.15) is 0 Å². The van der Waals surface area contributed by atoms with Crippen molar-refractivity contribution in [3.05, 3.63) is 58.6 Å². The standard InChI is InChI=1S/C18H17ClN2O2/c1-12-8-9-14(11-15(12)19)20-17(22)18(23)21-10-4-6-13-5-2-3-7-16(13)21/h2-3,5,7-9,11H,4,6,10H2,1H3,(H,20,22). The minimum absolute atomic E-state index is 0.518. The molecule has 1 aliphatic heterocycles. The van der Waals surface area contributed by atoms with Gasteiger partial charge >= 0.3 is 11.8 Å². The third-order valence-corrected chi connectivity index (χ3v) is 4.39. The Bertz CT molecular complexity index is 773. The summed E-state index contributed by atoms with van der Waals surface area (Å²) in [5.74, 6) is -1.20. The van der Waals surface area contributed by atoms with Gasteiger partial charge < -0.3 is 10.2 Å². The van der Waals surface area contributed by atoms with Gasteiger partial charge in [0.2, 0.25) is 0 Å². The molecule has 4 nitrogen and oxygen atoms in total. The molecule has 0 radical (unpaired) electrons. The molecule has 1 heterocycles. The molecule has 0 saturated carbocycles. The van der Waals surface area contributed by atoms with Crippen LogP contribution in [0.2, 0.25) is 5.02 Å². The van der Waals surface area contributed by atoms with Gasteiger partial charge in [-0.05, 0) is 49.1 Å². The first-order chi connectivity index (χ1) is 11.1. The maximum Gasteiger partial charge on any atom is 0.316 e. The molecule has 2 amide bonds. The summed E-state index contributed by atoms with van der Waals surface area (Å²) in [5, 5.41) is 3.18. The Balaban J connectivity index is 1.78. The molecule has 1 N–H and O–H groups in total. The Hall–Kier alpha value is -2.33. The van der Waals surface area contributed by atoms with Crippen LogP contribution in [0, 0.1) is 6.92 Å². The molecule has 118 valence electrons. The third-order valence-electron chi connectivity index (χ3n) is 3.98. The number of fused-ring (bicyclic) bond motifs is 1. The number of aryl methyl sites for hydroxylation is 2. The van der Waals surface area contributed by atoms with Gasteiger partial charge in [-0.2, -0.15) is 0 Å². The summed E-state index contributed by atoms with van der Waals surface area (Å²) in [7, 11) is 0. The van der Waals surface area contributed by atoms with Crippen molar-refractivity contribution in [2.75, 3.05) is 16.8 Å². The normalized spacial score (nSPS) is 13.4. The highest BCUT2D eigenvalue weighted by atomic mass is 35.5. The zero-order valence-corrected chi connectivity index (χ0v) is 13.6. The Morgan fingerprint density at radius 2 is 1.96 bits per heavy atom. The Morgan fingerprint density at radius 3 is 2.74 bits per heavy atom. The van der Waals surface area contributed by atoms with Crippen molar-refractivity contribution in [2.24, 2.45) is 0 Å². The lowest BCUT2D eigenvalue weighted by Gasteiger charge is -2.28. The molecule has 0 fully saturated rings. The molecule has 0 unspecified atom stereocenters. The topological polar surface area (TPSA) is 49.4 Å². The highest BCUT2D eigenvalue weighted by molar-refractivity contribution is 6.44. The van der Waals surface area contributed by atoms with E-state index in [9.17, 15) is 9.59 Å². The van der Waals surface area contributed by atoms with Gasteiger partial charge in [0.05, 0.1) is 0 Å². The summed E-state index contributed by atoms with van der Waals surface area (Å²) in [6.07, 6.45) is 1.78. The number of carbonyl (C=O) groups is 2. The van der Waals surface area contributed by atoms with Crippen molar-refractivity contribution in [1.82, 2.24) is 0 Å². The summed E-state index contributed by atoms with van der Waals surface area (Å²) in [4.78, 5) is 26.3. The quantitative estimate of drug-likeness (QED) is 0.814. The number of anilines is 2. The maximum atomic E-state index is 12.5. The fourth-order valence-electron chi connectivity index (χ4n) is 2.72. The van der Waals surface area contributed by atoms with Crippen LogP contribution in [0.15, 0.2) is 42.5 Å². The number of carbonyl (C=O) groups excluding carboxylic acids is 2. The second-order valence-corrected chi connectivity index (χ2v) is 6.01. The van der Waals surface area contributed by atoms with Crippen molar-refractivity contribution in [3.63, 3.8) is 0 Å². The average molecular weight is 329 g/mol. The lowest BCUT2D eigenvalue weighted by Crippen LogP contribution is -2.42. The fourth-order valence-corrected chi connectivity index (χ4v) is 2.90. The van der Waals surface area contributed by atoms with Crippen LogP contribution in [-0.2, 0) is 16.0 Å². The van der Waals surface area contributed by atoms with Crippen LogP contribution in [-0.4, -0.2) is 18.4 Å². The van der Waals surface area contributed by atoms with Crippen molar-refractivity contribution in [2.45, 2.75) is 19.8 Å². The van der Waals surface area contributed by atoms with Crippen LogP contribution in [0.5, 0.6) is 0 Å². The van der Waals surface area contributed by atoms with E-state index in [2.05, 4.69) is 5.32 Å². The minimum Gasteiger partial charge on any atom is -0.318 e. The Morgan fingerprint density at radius 1 is 1.17 bits per heavy atom. The van der Waals surface area contributed by atoms with Crippen LogP contribution in [0.4, 0.5) is 11.4 Å². The molecule has 0 aromatic heterocycles. The van der Waals surface area contributed by atoms with E-state index >= 15 is 0 Å². The lowest BCUT2D eigenvalue weighted by molar-refractivity contribution is -0.134. The van der Waals surface area contributed by atoms with Gasteiger partial charge in [-0.1, -0.05) is 35.9 Å². The number of hydrogen-bond acceptors (Lipinski definition) is 2. The van der Waals surface area contributed by atoms with Gasteiger partial charge in [0.15, 0.2) is 0 Å². The van der Waals surface area contributed by atoms with E-state index < -0.39 is 11.8 Å². The Labute approximate surface area is 140 Å². The molecule has 2 aromatic rings.